The standard InChI is InChI=1S/C17H25ClN2O3/c1-17(2,3)23-16(22)20-9-8-19(15(11-20)12-21)10-13-4-6-14(18)7-5-13/h4-7,15,21H,8-12H2,1-3H3. The molecular weight excluding hydrogens is 316 g/mol. The van der Waals surface area contributed by atoms with Crippen LogP contribution in [0.2, 0.25) is 5.02 Å². The molecule has 0 aliphatic carbocycles. The van der Waals surface area contributed by atoms with E-state index in [2.05, 4.69) is 4.90 Å². The number of hydrogen-bond acceptors (Lipinski definition) is 4. The van der Waals surface area contributed by atoms with Crippen LogP contribution in [-0.2, 0) is 11.3 Å². The summed E-state index contributed by atoms with van der Waals surface area (Å²) in [5.74, 6) is 0. The predicted molar refractivity (Wildman–Crippen MR) is 90.5 cm³/mol. The van der Waals surface area contributed by atoms with Gasteiger partial charge in [-0.25, -0.2) is 4.79 Å². The molecule has 1 aliphatic rings. The van der Waals surface area contributed by atoms with Gasteiger partial charge in [-0.05, 0) is 38.5 Å². The summed E-state index contributed by atoms with van der Waals surface area (Å²) >= 11 is 5.91. The largest absolute Gasteiger partial charge is 0.444 e. The number of amides is 1. The number of piperazine rings is 1. The first-order valence-electron chi connectivity index (χ1n) is 7.86. The van der Waals surface area contributed by atoms with E-state index >= 15 is 0 Å². The molecule has 2 rings (SSSR count). The summed E-state index contributed by atoms with van der Waals surface area (Å²) in [5.41, 5.74) is 0.630. The summed E-state index contributed by atoms with van der Waals surface area (Å²) in [6, 6.07) is 7.60. The van der Waals surface area contributed by atoms with Gasteiger partial charge >= 0.3 is 6.09 Å². The number of hydrogen-bond donors (Lipinski definition) is 1. The van der Waals surface area contributed by atoms with Gasteiger partial charge < -0.3 is 14.7 Å². The first-order valence-corrected chi connectivity index (χ1v) is 8.23. The van der Waals surface area contributed by atoms with E-state index < -0.39 is 5.60 Å². The molecule has 0 radical (unpaired) electrons. The van der Waals surface area contributed by atoms with Gasteiger partial charge in [0.1, 0.15) is 5.60 Å². The van der Waals surface area contributed by atoms with Crippen LogP contribution in [0.4, 0.5) is 4.79 Å². The summed E-state index contributed by atoms with van der Waals surface area (Å²) in [6.45, 7) is 8.06. The molecule has 23 heavy (non-hydrogen) atoms. The molecule has 0 saturated carbocycles. The van der Waals surface area contributed by atoms with Crippen molar-refractivity contribution in [3.63, 3.8) is 0 Å². The average molecular weight is 341 g/mol. The van der Waals surface area contributed by atoms with E-state index in [-0.39, 0.29) is 18.7 Å². The molecule has 1 aliphatic heterocycles. The predicted octanol–water partition coefficient (Wildman–Crippen LogP) is 2.75. The Morgan fingerprint density at radius 2 is 1.96 bits per heavy atom. The summed E-state index contributed by atoms with van der Waals surface area (Å²) in [4.78, 5) is 16.0. The summed E-state index contributed by atoms with van der Waals surface area (Å²) < 4.78 is 5.41. The van der Waals surface area contributed by atoms with Crippen molar-refractivity contribution in [2.75, 3.05) is 26.2 Å². The molecular formula is C17H25ClN2O3. The molecule has 0 bridgehead atoms. The lowest BCUT2D eigenvalue weighted by atomic mass is 10.1. The van der Waals surface area contributed by atoms with E-state index in [1.165, 1.54) is 0 Å². The molecule has 0 aromatic heterocycles. The second-order valence-corrected chi connectivity index (χ2v) is 7.30. The molecule has 128 valence electrons. The fourth-order valence-corrected chi connectivity index (χ4v) is 2.72. The SMILES string of the molecule is CC(C)(C)OC(=O)N1CCN(Cc2ccc(Cl)cc2)C(CO)C1. The van der Waals surface area contributed by atoms with Gasteiger partial charge in [-0.15, -0.1) is 0 Å². The lowest BCUT2D eigenvalue weighted by Gasteiger charge is -2.41. The molecule has 5 nitrogen and oxygen atoms in total. The minimum Gasteiger partial charge on any atom is -0.444 e. The number of aliphatic hydroxyl groups is 1. The number of ether oxygens (including phenoxy) is 1. The molecule has 1 amide bonds. The summed E-state index contributed by atoms with van der Waals surface area (Å²) in [6.07, 6.45) is -0.318. The summed E-state index contributed by atoms with van der Waals surface area (Å²) in [5, 5.41) is 10.4. The van der Waals surface area contributed by atoms with Crippen molar-refractivity contribution in [2.45, 2.75) is 39.0 Å². The zero-order valence-corrected chi connectivity index (χ0v) is 14.7. The van der Waals surface area contributed by atoms with Crippen LogP contribution < -0.4 is 0 Å². The van der Waals surface area contributed by atoms with Crippen molar-refractivity contribution < 1.29 is 14.6 Å². The van der Waals surface area contributed by atoms with Crippen molar-refractivity contribution in [2.24, 2.45) is 0 Å². The van der Waals surface area contributed by atoms with Gasteiger partial charge in [0.25, 0.3) is 0 Å². The highest BCUT2D eigenvalue weighted by Crippen LogP contribution is 2.18. The van der Waals surface area contributed by atoms with E-state index in [4.69, 9.17) is 16.3 Å². The second kappa shape index (κ2) is 7.51. The Morgan fingerprint density at radius 1 is 1.30 bits per heavy atom. The average Bonchev–Trinajstić information content (AvgIpc) is 2.48. The summed E-state index contributed by atoms with van der Waals surface area (Å²) in [7, 11) is 0. The molecule has 1 atom stereocenters. The van der Waals surface area contributed by atoms with E-state index in [0.29, 0.717) is 24.7 Å². The minimum absolute atomic E-state index is 0.00683. The van der Waals surface area contributed by atoms with Crippen molar-refractivity contribution in [1.82, 2.24) is 9.80 Å². The fraction of sp³-hybridized carbons (Fsp3) is 0.588. The maximum absolute atomic E-state index is 12.2. The maximum atomic E-state index is 12.2. The molecule has 1 aromatic carbocycles. The number of benzene rings is 1. The Labute approximate surface area is 142 Å². The molecule has 1 unspecified atom stereocenters. The minimum atomic E-state index is -0.508. The molecule has 6 heteroatoms. The van der Waals surface area contributed by atoms with Crippen LogP contribution in [0.15, 0.2) is 24.3 Å². The monoisotopic (exact) mass is 340 g/mol. The number of rotatable bonds is 3. The Hall–Kier alpha value is -1.30. The van der Waals surface area contributed by atoms with Crippen LogP contribution in [0.1, 0.15) is 26.3 Å². The number of aliphatic hydroxyl groups excluding tert-OH is 1. The zero-order valence-electron chi connectivity index (χ0n) is 14.0. The first kappa shape index (κ1) is 18.0. The molecule has 1 fully saturated rings. The fourth-order valence-electron chi connectivity index (χ4n) is 2.59. The normalized spacial score (nSPS) is 19.7. The van der Waals surface area contributed by atoms with E-state index in [0.717, 1.165) is 12.1 Å². The molecule has 1 aromatic rings. The maximum Gasteiger partial charge on any atom is 0.410 e. The van der Waals surface area contributed by atoms with Crippen LogP contribution in [0.5, 0.6) is 0 Å². The van der Waals surface area contributed by atoms with Crippen molar-refractivity contribution in [3.05, 3.63) is 34.9 Å². The third kappa shape index (κ3) is 5.37. The Balaban J connectivity index is 1.96. The van der Waals surface area contributed by atoms with Gasteiger partial charge in [0.15, 0.2) is 0 Å². The Kier molecular flexibility index (Phi) is 5.89. The lowest BCUT2D eigenvalue weighted by molar-refractivity contribution is -0.00610. The van der Waals surface area contributed by atoms with E-state index in [1.807, 2.05) is 45.0 Å². The molecule has 1 N–H and O–H groups in total. The van der Waals surface area contributed by atoms with Gasteiger partial charge in [0.05, 0.1) is 12.6 Å². The molecule has 1 heterocycles. The van der Waals surface area contributed by atoms with Crippen molar-refractivity contribution in [1.29, 1.82) is 0 Å². The van der Waals surface area contributed by atoms with Gasteiger partial charge in [-0.2, -0.15) is 0 Å². The third-order valence-electron chi connectivity index (χ3n) is 3.77. The number of halogens is 1. The molecule has 1 saturated heterocycles. The highest BCUT2D eigenvalue weighted by atomic mass is 35.5. The van der Waals surface area contributed by atoms with Gasteiger partial charge in [0.2, 0.25) is 0 Å². The highest BCUT2D eigenvalue weighted by molar-refractivity contribution is 6.30. The topological polar surface area (TPSA) is 53.0 Å². The third-order valence-corrected chi connectivity index (χ3v) is 4.02. The van der Waals surface area contributed by atoms with Crippen LogP contribution in [-0.4, -0.2) is 58.9 Å². The van der Waals surface area contributed by atoms with Crippen LogP contribution >= 0.6 is 11.6 Å². The van der Waals surface area contributed by atoms with Crippen molar-refractivity contribution >= 4 is 17.7 Å². The van der Waals surface area contributed by atoms with E-state index in [1.54, 1.807) is 4.90 Å². The van der Waals surface area contributed by atoms with Gasteiger partial charge in [-0.3, -0.25) is 4.90 Å². The second-order valence-electron chi connectivity index (χ2n) is 6.86. The number of carbonyl (C=O) groups excluding carboxylic acids is 1. The van der Waals surface area contributed by atoms with Crippen LogP contribution in [0, 0.1) is 0 Å². The van der Waals surface area contributed by atoms with E-state index in [9.17, 15) is 9.90 Å². The Morgan fingerprint density at radius 3 is 2.52 bits per heavy atom. The van der Waals surface area contributed by atoms with Gasteiger partial charge in [0, 0.05) is 31.2 Å². The van der Waals surface area contributed by atoms with Gasteiger partial charge in [-0.1, -0.05) is 23.7 Å². The quantitative estimate of drug-likeness (QED) is 0.919. The highest BCUT2D eigenvalue weighted by Gasteiger charge is 2.31. The lowest BCUT2D eigenvalue weighted by Crippen LogP contribution is -2.56. The van der Waals surface area contributed by atoms with Crippen molar-refractivity contribution in [3.8, 4) is 0 Å². The number of carbonyl (C=O) groups is 1. The first-order chi connectivity index (χ1) is 10.8. The Bertz CT molecular complexity index is 528. The zero-order chi connectivity index (χ0) is 17.0. The smallest absolute Gasteiger partial charge is 0.410 e. The number of nitrogens with zero attached hydrogens (tertiary/aromatic N) is 2. The molecule has 0 spiro atoms. The van der Waals surface area contributed by atoms with Crippen LogP contribution in [0.25, 0.3) is 0 Å². The van der Waals surface area contributed by atoms with Crippen LogP contribution in [0.3, 0.4) is 0 Å².